The minimum atomic E-state index is -0.473. The van der Waals surface area contributed by atoms with Crippen molar-refractivity contribution in [3.63, 3.8) is 0 Å². The highest BCUT2D eigenvalue weighted by Crippen LogP contribution is 2.28. The maximum Gasteiger partial charge on any atom is 0.232 e. The van der Waals surface area contributed by atoms with Gasteiger partial charge in [0.2, 0.25) is 5.95 Å². The molecule has 0 amide bonds. The molecule has 170 valence electrons. The second-order valence-electron chi connectivity index (χ2n) is 7.37. The average Bonchev–Trinajstić information content (AvgIpc) is 3.33. The largest absolute Gasteiger partial charge is 0.505 e. The van der Waals surface area contributed by atoms with E-state index in [9.17, 15) is 15.6 Å². The van der Waals surface area contributed by atoms with Crippen LogP contribution in [0.2, 0.25) is 0 Å². The Morgan fingerprint density at radius 1 is 1.03 bits per heavy atom. The van der Waals surface area contributed by atoms with E-state index in [2.05, 4.69) is 10.2 Å². The minimum Gasteiger partial charge on any atom is -0.505 e. The fraction of sp³-hybridized carbons (Fsp3) is 0.200. The molecule has 9 heteroatoms. The van der Waals surface area contributed by atoms with Gasteiger partial charge in [-0.3, -0.25) is 4.57 Å². The van der Waals surface area contributed by atoms with Crippen molar-refractivity contribution in [2.24, 2.45) is 0 Å². The summed E-state index contributed by atoms with van der Waals surface area (Å²) in [7, 11) is 1.56. The second-order valence-corrected chi connectivity index (χ2v) is 7.37. The predicted octanol–water partition coefficient (Wildman–Crippen LogP) is 3.51. The van der Waals surface area contributed by atoms with Crippen LogP contribution in [0.3, 0.4) is 0 Å². The fourth-order valence-corrected chi connectivity index (χ4v) is 3.58. The summed E-state index contributed by atoms with van der Waals surface area (Å²) in [6.45, 7) is 2.32. The number of methoxy groups -OCH3 is 1. The van der Waals surface area contributed by atoms with Gasteiger partial charge in [0.25, 0.3) is 0 Å². The normalized spacial score (nSPS) is 14.7. The highest BCUT2D eigenvalue weighted by atomic mass is 16.5. The first-order valence-electron chi connectivity index (χ1n) is 10.6. The molecule has 34 heavy (non-hydrogen) atoms. The van der Waals surface area contributed by atoms with Gasteiger partial charge in [-0.15, -0.1) is 10.2 Å². The molecule has 0 unspecified atom stereocenters. The van der Waals surface area contributed by atoms with Gasteiger partial charge < -0.3 is 19.5 Å². The van der Waals surface area contributed by atoms with Gasteiger partial charge in [0.05, 0.1) is 31.6 Å². The van der Waals surface area contributed by atoms with E-state index in [0.717, 1.165) is 5.69 Å². The number of para-hydroxylation sites is 1. The molecular formula is C25H22N6O3. The van der Waals surface area contributed by atoms with Crippen molar-refractivity contribution >= 4 is 17.6 Å². The van der Waals surface area contributed by atoms with Crippen LogP contribution in [-0.2, 0) is 4.74 Å². The van der Waals surface area contributed by atoms with Crippen molar-refractivity contribution < 1.29 is 14.6 Å². The number of hydrogen-bond acceptors (Lipinski definition) is 8. The molecule has 9 nitrogen and oxygen atoms in total. The van der Waals surface area contributed by atoms with E-state index in [1.54, 1.807) is 35.9 Å². The van der Waals surface area contributed by atoms with Gasteiger partial charge in [-0.25, -0.2) is 0 Å². The number of nitrogens with zero attached hydrogens (tertiary/aromatic N) is 6. The Labute approximate surface area is 197 Å². The smallest absolute Gasteiger partial charge is 0.232 e. The van der Waals surface area contributed by atoms with Gasteiger partial charge in [-0.1, -0.05) is 30.3 Å². The van der Waals surface area contributed by atoms with E-state index in [1.165, 1.54) is 6.08 Å². The molecule has 1 aromatic heterocycles. The van der Waals surface area contributed by atoms with Crippen LogP contribution in [0.5, 0.6) is 5.75 Å². The maximum atomic E-state index is 11.0. The van der Waals surface area contributed by atoms with Crippen molar-refractivity contribution in [2.75, 3.05) is 38.3 Å². The number of allylic oxidation sites excluding steroid dienone is 2. The minimum absolute atomic E-state index is 0.0720. The van der Waals surface area contributed by atoms with Crippen LogP contribution >= 0.6 is 0 Å². The number of hydrogen-bond donors (Lipinski definition) is 1. The molecule has 3 aromatic rings. The Hall–Kier alpha value is -4.60. The molecule has 0 saturated carbocycles. The Balaban J connectivity index is 1.83. The number of morpholine rings is 1. The summed E-state index contributed by atoms with van der Waals surface area (Å²) in [5.41, 5.74) is 1.16. The Morgan fingerprint density at radius 3 is 2.35 bits per heavy atom. The molecule has 1 aliphatic heterocycles. The first-order chi connectivity index (χ1) is 16.7. The third kappa shape index (κ3) is 4.60. The Morgan fingerprint density at radius 2 is 1.74 bits per heavy atom. The van der Waals surface area contributed by atoms with Gasteiger partial charge in [-0.2, -0.15) is 10.5 Å². The molecule has 1 saturated heterocycles. The molecule has 2 aromatic carbocycles. The molecule has 4 rings (SSSR count). The van der Waals surface area contributed by atoms with Crippen LogP contribution in [-0.4, -0.2) is 53.3 Å². The third-order valence-electron chi connectivity index (χ3n) is 5.33. The molecule has 1 aliphatic rings. The number of aliphatic hydroxyl groups excluding tert-OH is 1. The lowest BCUT2D eigenvalue weighted by atomic mass is 10.1. The number of anilines is 1. The monoisotopic (exact) mass is 454 g/mol. The predicted molar refractivity (Wildman–Crippen MR) is 126 cm³/mol. The van der Waals surface area contributed by atoms with Crippen molar-refractivity contribution in [2.45, 2.75) is 0 Å². The summed E-state index contributed by atoms with van der Waals surface area (Å²) >= 11 is 0. The quantitative estimate of drug-likeness (QED) is 0.341. The van der Waals surface area contributed by atoms with Gasteiger partial charge >= 0.3 is 0 Å². The zero-order valence-corrected chi connectivity index (χ0v) is 18.5. The molecule has 0 radical (unpaired) electrons. The Bertz CT molecular complexity index is 1290. The molecule has 1 fully saturated rings. The molecule has 2 heterocycles. The highest BCUT2D eigenvalue weighted by Gasteiger charge is 2.26. The highest BCUT2D eigenvalue weighted by molar-refractivity contribution is 5.82. The molecule has 0 spiro atoms. The number of aliphatic hydroxyl groups is 1. The zero-order valence-electron chi connectivity index (χ0n) is 18.5. The van der Waals surface area contributed by atoms with Gasteiger partial charge in [0, 0.05) is 13.1 Å². The second kappa shape index (κ2) is 10.3. The number of benzene rings is 2. The lowest BCUT2D eigenvalue weighted by Crippen LogP contribution is -2.38. The summed E-state index contributed by atoms with van der Waals surface area (Å²) in [6, 6.07) is 20.3. The molecule has 0 atom stereocenters. The lowest BCUT2D eigenvalue weighted by molar-refractivity contribution is 0.122. The average molecular weight is 454 g/mol. The van der Waals surface area contributed by atoms with Gasteiger partial charge in [0.1, 0.15) is 23.5 Å². The van der Waals surface area contributed by atoms with E-state index >= 15 is 0 Å². The topological polar surface area (TPSA) is 120 Å². The van der Waals surface area contributed by atoms with Crippen LogP contribution in [0.15, 0.2) is 65.9 Å². The summed E-state index contributed by atoms with van der Waals surface area (Å²) < 4.78 is 12.3. The van der Waals surface area contributed by atoms with E-state index in [0.29, 0.717) is 43.6 Å². The van der Waals surface area contributed by atoms with Crippen molar-refractivity contribution in [3.05, 3.63) is 77.3 Å². The third-order valence-corrected chi connectivity index (χ3v) is 5.33. The van der Waals surface area contributed by atoms with E-state index in [-0.39, 0.29) is 17.0 Å². The standard InChI is InChI=1S/C25H22N6O3/c1-33-21-9-7-18(8-10-21)15-19(16-26)23(32)22(17-27)24-28-29-25(30-11-13-34-14-12-30)31(24)20-5-3-2-4-6-20/h2-10,15,32H,11-14H2,1H3. The van der Waals surface area contributed by atoms with Crippen LogP contribution in [0.4, 0.5) is 5.95 Å². The van der Waals surface area contributed by atoms with Gasteiger partial charge in [-0.05, 0) is 35.9 Å². The van der Waals surface area contributed by atoms with E-state index in [4.69, 9.17) is 9.47 Å². The summed E-state index contributed by atoms with van der Waals surface area (Å²) in [5, 5.41) is 39.3. The van der Waals surface area contributed by atoms with E-state index < -0.39 is 5.76 Å². The van der Waals surface area contributed by atoms with Crippen molar-refractivity contribution in [3.8, 4) is 23.6 Å². The molecule has 0 aliphatic carbocycles. The Kier molecular flexibility index (Phi) is 6.87. The molecule has 1 N–H and O–H groups in total. The summed E-state index contributed by atoms with van der Waals surface area (Å²) in [5.74, 6) is 0.866. The van der Waals surface area contributed by atoms with Crippen molar-refractivity contribution in [1.82, 2.24) is 14.8 Å². The first kappa shape index (κ1) is 22.6. The number of ether oxygens (including phenoxy) is 2. The van der Waals surface area contributed by atoms with Crippen molar-refractivity contribution in [1.29, 1.82) is 10.5 Å². The van der Waals surface area contributed by atoms with E-state index in [1.807, 2.05) is 47.4 Å². The summed E-state index contributed by atoms with van der Waals surface area (Å²) in [4.78, 5) is 2.01. The lowest BCUT2D eigenvalue weighted by Gasteiger charge is -2.28. The first-order valence-corrected chi connectivity index (χ1v) is 10.6. The maximum absolute atomic E-state index is 11.0. The van der Waals surface area contributed by atoms with Crippen LogP contribution < -0.4 is 9.64 Å². The van der Waals surface area contributed by atoms with Crippen LogP contribution in [0.1, 0.15) is 11.4 Å². The SMILES string of the molecule is COc1ccc(C=C(C#N)C(O)=C(C#N)c2nnc(N3CCOCC3)n2-c2ccccc2)cc1. The number of rotatable bonds is 6. The van der Waals surface area contributed by atoms with Crippen LogP contribution in [0.25, 0.3) is 17.3 Å². The van der Waals surface area contributed by atoms with Gasteiger partial charge in [0.15, 0.2) is 11.6 Å². The number of aromatic nitrogens is 3. The van der Waals surface area contributed by atoms with Crippen LogP contribution in [0, 0.1) is 22.7 Å². The summed E-state index contributed by atoms with van der Waals surface area (Å²) in [6.07, 6.45) is 1.50. The molecular weight excluding hydrogens is 432 g/mol. The molecule has 0 bridgehead atoms. The fourth-order valence-electron chi connectivity index (χ4n) is 3.58. The number of nitriles is 2. The zero-order chi connectivity index (χ0) is 23.9.